The molecular formula is C28H32ClN5O4. The molecule has 2 aliphatic rings. The maximum atomic E-state index is 13.2. The van der Waals surface area contributed by atoms with Crippen molar-refractivity contribution in [3.63, 3.8) is 0 Å². The summed E-state index contributed by atoms with van der Waals surface area (Å²) in [4.78, 5) is 36.6. The highest BCUT2D eigenvalue weighted by Crippen LogP contribution is 2.37. The van der Waals surface area contributed by atoms with Crippen LogP contribution in [-0.2, 0) is 9.53 Å². The molecule has 1 atom stereocenters. The van der Waals surface area contributed by atoms with Gasteiger partial charge in [0.05, 0.1) is 35.3 Å². The van der Waals surface area contributed by atoms with E-state index in [0.29, 0.717) is 59.6 Å². The summed E-state index contributed by atoms with van der Waals surface area (Å²) in [5, 5.41) is 3.47. The van der Waals surface area contributed by atoms with Crippen molar-refractivity contribution in [2.45, 2.75) is 51.2 Å². The fraction of sp³-hybridized carbons (Fsp3) is 0.429. The molecule has 3 aromatic rings. The van der Waals surface area contributed by atoms with E-state index in [0.717, 1.165) is 37.8 Å². The van der Waals surface area contributed by atoms with Gasteiger partial charge in [-0.15, -0.1) is 0 Å². The minimum atomic E-state index is -0.297. The number of imidazole rings is 1. The Morgan fingerprint density at radius 1 is 1.21 bits per heavy atom. The number of hydrogen-bond acceptors (Lipinski definition) is 6. The zero-order valence-electron chi connectivity index (χ0n) is 21.5. The number of aryl methyl sites for hydroxylation is 1. The molecule has 2 aliphatic heterocycles. The van der Waals surface area contributed by atoms with Gasteiger partial charge in [-0.25, -0.2) is 4.98 Å². The van der Waals surface area contributed by atoms with Crippen LogP contribution in [0, 0.1) is 6.92 Å². The molecule has 1 N–H and O–H groups in total. The van der Waals surface area contributed by atoms with Crippen LogP contribution in [0.25, 0.3) is 11.0 Å². The van der Waals surface area contributed by atoms with E-state index in [1.54, 1.807) is 29.3 Å². The predicted octanol–water partition coefficient (Wildman–Crippen LogP) is 4.94. The van der Waals surface area contributed by atoms with Crippen molar-refractivity contribution in [2.75, 3.05) is 31.6 Å². The number of hydrogen-bond donors (Lipinski definition) is 1. The molecule has 0 aliphatic carbocycles. The molecule has 0 bridgehead atoms. The maximum absolute atomic E-state index is 13.2. The number of anilines is 1. The highest BCUT2D eigenvalue weighted by molar-refractivity contribution is 6.35. The lowest BCUT2D eigenvalue weighted by molar-refractivity contribution is -0.126. The summed E-state index contributed by atoms with van der Waals surface area (Å²) in [6, 6.07) is 6.92. The number of nitrogens with zero attached hydrogens (tertiary/aromatic N) is 4. The van der Waals surface area contributed by atoms with Crippen molar-refractivity contribution in [3.8, 4) is 5.75 Å². The molecule has 200 valence electrons. The van der Waals surface area contributed by atoms with Crippen LogP contribution in [0.2, 0.25) is 5.02 Å². The highest BCUT2D eigenvalue weighted by Gasteiger charge is 2.28. The highest BCUT2D eigenvalue weighted by atomic mass is 35.5. The van der Waals surface area contributed by atoms with Gasteiger partial charge >= 0.3 is 0 Å². The number of amides is 2. The Kier molecular flexibility index (Phi) is 7.95. The molecule has 1 aromatic carbocycles. The quantitative estimate of drug-likeness (QED) is 0.447. The van der Waals surface area contributed by atoms with Crippen molar-refractivity contribution >= 4 is 40.4 Å². The first-order valence-corrected chi connectivity index (χ1v) is 13.4. The van der Waals surface area contributed by atoms with Crippen LogP contribution in [0.1, 0.15) is 54.2 Å². The fourth-order valence-electron chi connectivity index (χ4n) is 5.18. The molecule has 1 unspecified atom stereocenters. The third-order valence-electron chi connectivity index (χ3n) is 7.07. The van der Waals surface area contributed by atoms with Gasteiger partial charge < -0.3 is 18.9 Å². The Bertz CT molecular complexity index is 1350. The van der Waals surface area contributed by atoms with Gasteiger partial charge in [-0.2, -0.15) is 0 Å². The van der Waals surface area contributed by atoms with Gasteiger partial charge in [0.25, 0.3) is 5.91 Å². The summed E-state index contributed by atoms with van der Waals surface area (Å²) in [5.74, 6) is 0.598. The van der Waals surface area contributed by atoms with E-state index in [1.165, 1.54) is 6.08 Å². The van der Waals surface area contributed by atoms with E-state index >= 15 is 0 Å². The molecule has 0 saturated carbocycles. The monoisotopic (exact) mass is 537 g/mol. The van der Waals surface area contributed by atoms with Crippen LogP contribution in [0.3, 0.4) is 0 Å². The van der Waals surface area contributed by atoms with E-state index in [-0.39, 0.29) is 24.0 Å². The number of nitrogens with one attached hydrogen (secondary N) is 1. The first-order chi connectivity index (χ1) is 18.4. The zero-order chi connectivity index (χ0) is 26.6. The van der Waals surface area contributed by atoms with Crippen LogP contribution >= 0.6 is 11.6 Å². The first-order valence-electron chi connectivity index (χ1n) is 13.0. The number of fused-ring (bicyclic) bond motifs is 1. The molecule has 2 amide bonds. The number of carbonyl (C=O) groups excluding carboxylic acids is 2. The topological polar surface area (TPSA) is 98.6 Å². The number of benzene rings is 1. The van der Waals surface area contributed by atoms with Gasteiger partial charge in [0, 0.05) is 55.5 Å². The fourth-order valence-corrected chi connectivity index (χ4v) is 5.47. The second-order valence-electron chi connectivity index (χ2n) is 9.79. The summed E-state index contributed by atoms with van der Waals surface area (Å²) >= 11 is 6.88. The number of pyridine rings is 1. The van der Waals surface area contributed by atoms with E-state index in [1.807, 2.05) is 17.6 Å². The van der Waals surface area contributed by atoms with E-state index in [9.17, 15) is 9.59 Å². The zero-order valence-corrected chi connectivity index (χ0v) is 22.2. The van der Waals surface area contributed by atoms with E-state index < -0.39 is 0 Å². The number of rotatable bonds is 6. The smallest absolute Gasteiger partial charge is 0.258 e. The Morgan fingerprint density at radius 2 is 2.03 bits per heavy atom. The summed E-state index contributed by atoms with van der Waals surface area (Å²) in [7, 11) is 0. The van der Waals surface area contributed by atoms with Crippen LogP contribution in [0.15, 0.2) is 43.1 Å². The normalized spacial score (nSPS) is 18.7. The van der Waals surface area contributed by atoms with Gasteiger partial charge in [0.2, 0.25) is 11.9 Å². The maximum Gasteiger partial charge on any atom is 0.258 e. The third-order valence-corrected chi connectivity index (χ3v) is 7.35. The standard InChI is InChI=1S/C28H32ClN5O4/c1-3-25(35)33-11-5-4-6-20(17-33)34-26-23(29)15-22(38-21-8-12-37-13-9-21)16-24(26)31-28(34)32-27(36)19-7-10-30-18(2)14-19/h3,7,10,14-16,20-21H,1,4-6,8-9,11-13,17H2,2H3,(H,31,32,36). The third kappa shape index (κ3) is 5.68. The predicted molar refractivity (Wildman–Crippen MR) is 146 cm³/mol. The van der Waals surface area contributed by atoms with Gasteiger partial charge in [-0.3, -0.25) is 19.9 Å². The van der Waals surface area contributed by atoms with Crippen molar-refractivity contribution in [3.05, 3.63) is 59.4 Å². The number of ether oxygens (including phenoxy) is 2. The number of halogens is 1. The van der Waals surface area contributed by atoms with E-state index in [4.69, 9.17) is 26.1 Å². The molecule has 2 aromatic heterocycles. The van der Waals surface area contributed by atoms with Crippen LogP contribution < -0.4 is 10.1 Å². The van der Waals surface area contributed by atoms with Crippen LogP contribution in [-0.4, -0.2) is 63.7 Å². The minimum Gasteiger partial charge on any atom is -0.490 e. The minimum absolute atomic E-state index is 0.0498. The van der Waals surface area contributed by atoms with Gasteiger partial charge in [-0.05, 0) is 44.4 Å². The van der Waals surface area contributed by atoms with E-state index in [2.05, 4.69) is 16.9 Å². The molecule has 2 saturated heterocycles. The Hall–Kier alpha value is -3.43. The summed E-state index contributed by atoms with van der Waals surface area (Å²) in [6.07, 6.45) is 7.23. The van der Waals surface area contributed by atoms with Crippen molar-refractivity contribution in [1.29, 1.82) is 0 Å². The summed E-state index contributed by atoms with van der Waals surface area (Å²) in [5.41, 5.74) is 2.54. The Labute approximate surface area is 226 Å². The second-order valence-corrected chi connectivity index (χ2v) is 10.2. The lowest BCUT2D eigenvalue weighted by atomic mass is 10.1. The molecule has 5 rings (SSSR count). The van der Waals surface area contributed by atoms with Gasteiger partial charge in [0.15, 0.2) is 0 Å². The molecule has 4 heterocycles. The number of aromatic nitrogens is 3. The van der Waals surface area contributed by atoms with Crippen molar-refractivity contribution in [2.24, 2.45) is 0 Å². The molecular weight excluding hydrogens is 506 g/mol. The largest absolute Gasteiger partial charge is 0.490 e. The Balaban J connectivity index is 1.55. The lowest BCUT2D eigenvalue weighted by Gasteiger charge is -2.26. The van der Waals surface area contributed by atoms with Crippen LogP contribution in [0.5, 0.6) is 5.75 Å². The average Bonchev–Trinajstić information content (AvgIpc) is 3.09. The SMILES string of the molecule is C=CC(=O)N1CCCCC(n2c(NC(=O)c3ccnc(C)c3)nc3cc(OC4CCOCC4)cc(Cl)c32)C1. The first kappa shape index (κ1) is 26.2. The van der Waals surface area contributed by atoms with Gasteiger partial charge in [0.1, 0.15) is 11.9 Å². The summed E-state index contributed by atoms with van der Waals surface area (Å²) in [6.45, 7) is 7.95. The van der Waals surface area contributed by atoms with Crippen molar-refractivity contribution in [1.82, 2.24) is 19.4 Å². The molecule has 0 radical (unpaired) electrons. The molecule has 9 nitrogen and oxygen atoms in total. The van der Waals surface area contributed by atoms with Crippen LogP contribution in [0.4, 0.5) is 5.95 Å². The number of likely N-dealkylation sites (tertiary alicyclic amines) is 1. The molecule has 0 spiro atoms. The molecule has 38 heavy (non-hydrogen) atoms. The molecule has 2 fully saturated rings. The average molecular weight is 538 g/mol. The lowest BCUT2D eigenvalue weighted by Crippen LogP contribution is -2.34. The number of carbonyl (C=O) groups is 2. The Morgan fingerprint density at radius 3 is 2.79 bits per heavy atom. The van der Waals surface area contributed by atoms with Gasteiger partial charge in [-0.1, -0.05) is 18.2 Å². The molecule has 10 heteroatoms. The second kappa shape index (κ2) is 11.5. The summed E-state index contributed by atoms with van der Waals surface area (Å²) < 4.78 is 13.6. The van der Waals surface area contributed by atoms with Crippen molar-refractivity contribution < 1.29 is 19.1 Å².